The Labute approximate surface area is 253 Å². The van der Waals surface area contributed by atoms with E-state index >= 15 is 0 Å². The van der Waals surface area contributed by atoms with Gasteiger partial charge in [0.15, 0.2) is 0 Å². The van der Waals surface area contributed by atoms with Gasteiger partial charge in [-0.3, -0.25) is 19.3 Å². The van der Waals surface area contributed by atoms with E-state index in [0.29, 0.717) is 57.1 Å². The minimum Gasteiger partial charge on any atom is -0.379 e. The molecule has 2 aliphatic rings. The van der Waals surface area contributed by atoms with Crippen LogP contribution in [0.4, 0.5) is 0 Å². The van der Waals surface area contributed by atoms with E-state index in [4.69, 9.17) is 9.72 Å². The molecular formula is C32H47N5O4S. The Hall–Kier alpha value is -2.82. The first-order chi connectivity index (χ1) is 20.2. The van der Waals surface area contributed by atoms with Crippen molar-refractivity contribution in [2.24, 2.45) is 5.92 Å². The summed E-state index contributed by atoms with van der Waals surface area (Å²) in [6, 6.07) is 5.32. The minimum absolute atomic E-state index is 0.147. The number of fused-ring (bicyclic) bond motifs is 1. The highest BCUT2D eigenvalue weighted by Crippen LogP contribution is 2.29. The molecule has 0 radical (unpaired) electrons. The Bertz CT molecular complexity index is 1230. The van der Waals surface area contributed by atoms with Gasteiger partial charge in [0, 0.05) is 50.6 Å². The van der Waals surface area contributed by atoms with Gasteiger partial charge in [0.25, 0.3) is 0 Å². The molecule has 42 heavy (non-hydrogen) atoms. The lowest BCUT2D eigenvalue weighted by Gasteiger charge is -2.29. The molecule has 9 nitrogen and oxygen atoms in total. The number of carbonyl (C=O) groups is 3. The van der Waals surface area contributed by atoms with Crippen molar-refractivity contribution in [3.05, 3.63) is 40.9 Å². The minimum atomic E-state index is -0.745. The molecule has 4 rings (SSSR count). The molecule has 3 amide bonds. The molecule has 1 aromatic heterocycles. The Morgan fingerprint density at radius 2 is 1.88 bits per heavy atom. The summed E-state index contributed by atoms with van der Waals surface area (Å²) in [7, 11) is 0. The van der Waals surface area contributed by atoms with E-state index in [9.17, 15) is 14.4 Å². The molecule has 2 aromatic rings. The zero-order valence-corrected chi connectivity index (χ0v) is 26.2. The average molecular weight is 598 g/mol. The third-order valence-electron chi connectivity index (χ3n) is 8.25. The van der Waals surface area contributed by atoms with Crippen LogP contribution in [0.2, 0.25) is 0 Å². The lowest BCUT2D eigenvalue weighted by atomic mass is 9.97. The zero-order chi connectivity index (χ0) is 30.1. The average Bonchev–Trinajstić information content (AvgIpc) is 3.65. The molecule has 230 valence electrons. The fraction of sp³-hybridized carbons (Fsp3) is 0.625. The molecule has 1 saturated heterocycles. The largest absolute Gasteiger partial charge is 0.379 e. The van der Waals surface area contributed by atoms with Gasteiger partial charge < -0.3 is 20.7 Å². The van der Waals surface area contributed by atoms with Crippen molar-refractivity contribution in [3.8, 4) is 0 Å². The van der Waals surface area contributed by atoms with E-state index in [1.807, 2.05) is 13.0 Å². The van der Waals surface area contributed by atoms with Gasteiger partial charge in [-0.15, -0.1) is 11.3 Å². The fourth-order valence-corrected chi connectivity index (χ4v) is 6.78. The summed E-state index contributed by atoms with van der Waals surface area (Å²) in [5.41, 5.74) is 2.66. The molecule has 0 bridgehead atoms. The summed E-state index contributed by atoms with van der Waals surface area (Å²) in [5.74, 6) is 0.106. The van der Waals surface area contributed by atoms with Crippen LogP contribution in [0.1, 0.15) is 75.8 Å². The number of hydrogen-bond donors (Lipinski definition) is 3. The van der Waals surface area contributed by atoms with Crippen molar-refractivity contribution >= 4 is 39.3 Å². The molecule has 2 heterocycles. The second-order valence-electron chi connectivity index (χ2n) is 11.9. The lowest BCUT2D eigenvalue weighted by Crippen LogP contribution is -2.55. The number of nitrogens with one attached hydrogen (secondary N) is 3. The molecular weight excluding hydrogens is 550 g/mol. The maximum Gasteiger partial charge on any atom is 0.247 e. The maximum atomic E-state index is 13.8. The van der Waals surface area contributed by atoms with Gasteiger partial charge in [-0.05, 0) is 48.8 Å². The molecule has 2 atom stereocenters. The van der Waals surface area contributed by atoms with E-state index in [1.165, 1.54) is 5.56 Å². The van der Waals surface area contributed by atoms with Crippen LogP contribution in [0.25, 0.3) is 10.2 Å². The Kier molecular flexibility index (Phi) is 11.9. The van der Waals surface area contributed by atoms with Gasteiger partial charge in [-0.1, -0.05) is 46.3 Å². The summed E-state index contributed by atoms with van der Waals surface area (Å²) in [4.78, 5) is 46.3. The number of hydrogen-bond acceptors (Lipinski definition) is 7. The van der Waals surface area contributed by atoms with Gasteiger partial charge in [0.1, 0.15) is 6.04 Å². The normalized spacial score (nSPS) is 17.7. The van der Waals surface area contributed by atoms with E-state index < -0.39 is 6.04 Å². The molecule has 1 aliphatic heterocycles. The first-order valence-corrected chi connectivity index (χ1v) is 16.3. The van der Waals surface area contributed by atoms with Crippen LogP contribution in [0, 0.1) is 5.92 Å². The summed E-state index contributed by atoms with van der Waals surface area (Å²) in [6.45, 7) is 14.0. The molecule has 1 aliphatic carbocycles. The van der Waals surface area contributed by atoms with Crippen LogP contribution in [0.5, 0.6) is 0 Å². The van der Waals surface area contributed by atoms with Gasteiger partial charge in [-0.2, -0.15) is 0 Å². The first kappa shape index (κ1) is 32.1. The van der Waals surface area contributed by atoms with Crippen molar-refractivity contribution < 1.29 is 19.1 Å². The SMILES string of the molecule is C=C(CN1CCOCC1)C(=O)NC[C@@H](NC(=O)[C@H](Cc1nc2ccc(C(C)C)cc2s1)NC(=O)CCC)C1CCCC1. The van der Waals surface area contributed by atoms with Crippen LogP contribution in [0.15, 0.2) is 30.4 Å². The van der Waals surface area contributed by atoms with Crippen LogP contribution >= 0.6 is 11.3 Å². The van der Waals surface area contributed by atoms with E-state index in [2.05, 4.69) is 53.4 Å². The van der Waals surface area contributed by atoms with Gasteiger partial charge in [-0.25, -0.2) is 4.98 Å². The smallest absolute Gasteiger partial charge is 0.247 e. The molecule has 2 fully saturated rings. The number of benzene rings is 1. The van der Waals surface area contributed by atoms with Crippen LogP contribution in [-0.2, 0) is 25.5 Å². The van der Waals surface area contributed by atoms with Crippen molar-refractivity contribution in [1.82, 2.24) is 25.8 Å². The van der Waals surface area contributed by atoms with Crippen LogP contribution in [0.3, 0.4) is 0 Å². The summed E-state index contributed by atoms with van der Waals surface area (Å²) >= 11 is 1.57. The Morgan fingerprint density at radius 1 is 1.14 bits per heavy atom. The van der Waals surface area contributed by atoms with Crippen LogP contribution in [-0.4, -0.2) is 79.1 Å². The lowest BCUT2D eigenvalue weighted by molar-refractivity contribution is -0.129. The molecule has 0 unspecified atom stereocenters. The number of carbonyl (C=O) groups excluding carboxylic acids is 3. The van der Waals surface area contributed by atoms with Crippen molar-refractivity contribution in [2.45, 2.75) is 83.7 Å². The maximum absolute atomic E-state index is 13.8. The van der Waals surface area contributed by atoms with Crippen LogP contribution < -0.4 is 16.0 Å². The van der Waals surface area contributed by atoms with Gasteiger partial charge >= 0.3 is 0 Å². The molecule has 1 saturated carbocycles. The van der Waals surface area contributed by atoms with E-state index in [0.717, 1.165) is 54.0 Å². The van der Waals surface area contributed by atoms with Crippen molar-refractivity contribution in [3.63, 3.8) is 0 Å². The summed E-state index contributed by atoms with van der Waals surface area (Å²) in [5, 5.41) is 10.0. The zero-order valence-electron chi connectivity index (χ0n) is 25.4. The number of aromatic nitrogens is 1. The summed E-state index contributed by atoms with van der Waals surface area (Å²) < 4.78 is 6.48. The molecule has 0 spiro atoms. The number of amides is 3. The Balaban J connectivity index is 1.43. The summed E-state index contributed by atoms with van der Waals surface area (Å²) in [6.07, 6.45) is 5.58. The second-order valence-corrected chi connectivity index (χ2v) is 13.0. The Morgan fingerprint density at radius 3 is 2.57 bits per heavy atom. The number of ether oxygens (including phenoxy) is 1. The highest BCUT2D eigenvalue weighted by atomic mass is 32.1. The number of morpholine rings is 1. The topological polar surface area (TPSA) is 113 Å². The highest BCUT2D eigenvalue weighted by Gasteiger charge is 2.31. The number of thiazole rings is 1. The third-order valence-corrected chi connectivity index (χ3v) is 9.29. The third kappa shape index (κ3) is 9.09. The molecule has 1 aromatic carbocycles. The molecule has 10 heteroatoms. The van der Waals surface area contributed by atoms with E-state index in [1.54, 1.807) is 11.3 Å². The predicted octanol–water partition coefficient (Wildman–Crippen LogP) is 3.93. The standard InChI is InChI=1S/C32H47N5O4S/c1-5-8-29(38)34-26(18-30-35-25-12-11-24(21(2)3)17-28(25)42-30)32(40)36-27(23-9-6-7-10-23)19-33-31(39)22(4)20-37-13-15-41-16-14-37/h11-12,17,21,23,26-27H,4-10,13-16,18-20H2,1-3H3,(H,33,39)(H,34,38)(H,36,40)/t26-,27+/m0/s1. The highest BCUT2D eigenvalue weighted by molar-refractivity contribution is 7.18. The van der Waals surface area contributed by atoms with Gasteiger partial charge in [0.2, 0.25) is 17.7 Å². The fourth-order valence-electron chi connectivity index (χ4n) is 5.72. The van der Waals surface area contributed by atoms with Crippen molar-refractivity contribution in [2.75, 3.05) is 39.4 Å². The van der Waals surface area contributed by atoms with Gasteiger partial charge in [0.05, 0.1) is 28.4 Å². The monoisotopic (exact) mass is 597 g/mol. The first-order valence-electron chi connectivity index (χ1n) is 15.5. The number of rotatable bonds is 14. The second kappa shape index (κ2) is 15.6. The van der Waals surface area contributed by atoms with Crippen molar-refractivity contribution in [1.29, 1.82) is 0 Å². The number of nitrogens with zero attached hydrogens (tertiary/aromatic N) is 2. The predicted molar refractivity (Wildman–Crippen MR) is 168 cm³/mol. The molecule has 3 N–H and O–H groups in total. The quantitative estimate of drug-likeness (QED) is 0.285. The van der Waals surface area contributed by atoms with E-state index in [-0.39, 0.29) is 29.7 Å².